The zero-order chi connectivity index (χ0) is 21.6. The molecule has 1 atom stereocenters. The number of carbonyl (C=O) groups is 2. The maximum atomic E-state index is 13.6. The van der Waals surface area contributed by atoms with Gasteiger partial charge >= 0.3 is 0 Å². The smallest absolute Gasteiger partial charge is 0.271 e. The van der Waals surface area contributed by atoms with E-state index in [9.17, 15) is 9.59 Å². The lowest BCUT2D eigenvalue weighted by atomic mass is 9.91. The monoisotopic (exact) mass is 420 g/mol. The molecule has 31 heavy (non-hydrogen) atoms. The average Bonchev–Trinajstić information content (AvgIpc) is 3.29. The fourth-order valence-electron chi connectivity index (χ4n) is 4.97. The summed E-state index contributed by atoms with van der Waals surface area (Å²) in [4.78, 5) is 33.2. The van der Waals surface area contributed by atoms with Crippen molar-refractivity contribution < 1.29 is 14.0 Å². The van der Waals surface area contributed by atoms with Crippen LogP contribution in [0.4, 0.5) is 0 Å². The number of amides is 2. The van der Waals surface area contributed by atoms with Crippen molar-refractivity contribution >= 4 is 22.9 Å². The van der Waals surface area contributed by atoms with Crippen molar-refractivity contribution in [2.45, 2.75) is 70.6 Å². The fourth-order valence-corrected chi connectivity index (χ4v) is 4.97. The van der Waals surface area contributed by atoms with Crippen molar-refractivity contribution in [2.75, 3.05) is 0 Å². The first-order valence-corrected chi connectivity index (χ1v) is 11.1. The summed E-state index contributed by atoms with van der Waals surface area (Å²) in [6, 6.07) is 7.68. The summed E-state index contributed by atoms with van der Waals surface area (Å²) < 4.78 is 7.71. The van der Waals surface area contributed by atoms with E-state index in [1.165, 1.54) is 6.42 Å². The van der Waals surface area contributed by atoms with Crippen LogP contribution in [0.3, 0.4) is 0 Å². The van der Waals surface area contributed by atoms with Gasteiger partial charge in [-0.3, -0.25) is 14.6 Å². The van der Waals surface area contributed by atoms with E-state index in [4.69, 9.17) is 4.42 Å². The molecule has 1 N–H and O–H groups in total. The summed E-state index contributed by atoms with van der Waals surface area (Å²) >= 11 is 0. The third-order valence-corrected chi connectivity index (χ3v) is 6.73. The third-order valence-electron chi connectivity index (χ3n) is 6.73. The second-order valence-electron chi connectivity index (χ2n) is 9.06. The molecule has 0 spiro atoms. The third kappa shape index (κ3) is 3.42. The maximum absolute atomic E-state index is 13.6. The standard InChI is InChI=1S/C24H28N4O3/c1-16-11-19-21(31-16)12-20-22(29)28(14-17-7-6-10-25-13-17)24(2,15-27(19)20)23(30)26-18-8-4-3-5-9-18/h6-7,10-13,18H,3-5,8-9,14-15H2,1-2H3,(H,26,30). The van der Waals surface area contributed by atoms with E-state index in [2.05, 4.69) is 10.3 Å². The Balaban J connectivity index is 1.54. The predicted molar refractivity (Wildman–Crippen MR) is 116 cm³/mol. The van der Waals surface area contributed by atoms with Crippen LogP contribution >= 0.6 is 0 Å². The number of fused-ring (bicyclic) bond motifs is 3. The Labute approximate surface area is 181 Å². The molecule has 1 fully saturated rings. The zero-order valence-corrected chi connectivity index (χ0v) is 18.1. The number of hydrogen-bond donors (Lipinski definition) is 1. The molecule has 1 saturated carbocycles. The Morgan fingerprint density at radius 1 is 1.29 bits per heavy atom. The van der Waals surface area contributed by atoms with Gasteiger partial charge in [0.15, 0.2) is 5.58 Å². The molecule has 7 nitrogen and oxygen atoms in total. The normalized spacial score (nSPS) is 22.0. The lowest BCUT2D eigenvalue weighted by Gasteiger charge is -2.44. The van der Waals surface area contributed by atoms with Crippen LogP contribution in [0.2, 0.25) is 0 Å². The molecule has 2 aliphatic rings. The topological polar surface area (TPSA) is 80.4 Å². The Kier molecular flexibility index (Phi) is 4.84. The van der Waals surface area contributed by atoms with Crippen molar-refractivity contribution in [2.24, 2.45) is 0 Å². The lowest BCUT2D eigenvalue weighted by molar-refractivity contribution is -0.134. The van der Waals surface area contributed by atoms with E-state index in [0.717, 1.165) is 42.5 Å². The molecule has 0 radical (unpaired) electrons. The molecule has 0 bridgehead atoms. The highest BCUT2D eigenvalue weighted by Gasteiger charge is 2.48. The van der Waals surface area contributed by atoms with Crippen molar-refractivity contribution in [1.82, 2.24) is 19.8 Å². The van der Waals surface area contributed by atoms with Gasteiger partial charge in [0.05, 0.1) is 12.1 Å². The molecular weight excluding hydrogens is 392 g/mol. The molecular formula is C24H28N4O3. The highest BCUT2D eigenvalue weighted by Crippen LogP contribution is 2.35. The summed E-state index contributed by atoms with van der Waals surface area (Å²) in [5, 5.41) is 3.26. The van der Waals surface area contributed by atoms with Gasteiger partial charge in [0, 0.05) is 37.1 Å². The van der Waals surface area contributed by atoms with E-state index in [1.54, 1.807) is 23.4 Å². The molecule has 4 heterocycles. The molecule has 5 rings (SSSR count). The van der Waals surface area contributed by atoms with Crippen LogP contribution in [0.1, 0.15) is 60.8 Å². The van der Waals surface area contributed by atoms with Crippen LogP contribution < -0.4 is 5.32 Å². The molecule has 3 aromatic rings. The molecule has 1 unspecified atom stereocenters. The molecule has 1 aliphatic carbocycles. The number of nitrogens with zero attached hydrogens (tertiary/aromatic N) is 3. The molecule has 7 heteroatoms. The van der Waals surface area contributed by atoms with Crippen molar-refractivity contribution in [1.29, 1.82) is 0 Å². The second-order valence-corrected chi connectivity index (χ2v) is 9.06. The molecule has 2 amide bonds. The van der Waals surface area contributed by atoms with E-state index < -0.39 is 5.54 Å². The predicted octanol–water partition coefficient (Wildman–Crippen LogP) is 3.80. The largest absolute Gasteiger partial charge is 0.460 e. The van der Waals surface area contributed by atoms with Crippen molar-refractivity contribution in [3.05, 3.63) is 53.7 Å². The van der Waals surface area contributed by atoms with E-state index in [0.29, 0.717) is 24.4 Å². The van der Waals surface area contributed by atoms with Gasteiger partial charge in [-0.15, -0.1) is 0 Å². The van der Waals surface area contributed by atoms with E-state index >= 15 is 0 Å². The average molecular weight is 421 g/mol. The number of nitrogens with one attached hydrogen (secondary N) is 1. The van der Waals surface area contributed by atoms with Gasteiger partial charge in [-0.25, -0.2) is 0 Å². The first kappa shape index (κ1) is 19.8. The number of aryl methyl sites for hydroxylation is 1. The quantitative estimate of drug-likeness (QED) is 0.696. The van der Waals surface area contributed by atoms with E-state index in [-0.39, 0.29) is 17.9 Å². The van der Waals surface area contributed by atoms with Gasteiger partial charge < -0.3 is 19.2 Å². The van der Waals surface area contributed by atoms with Crippen LogP contribution in [-0.4, -0.2) is 37.8 Å². The highest BCUT2D eigenvalue weighted by molar-refractivity contribution is 6.03. The van der Waals surface area contributed by atoms with Crippen LogP contribution in [0.5, 0.6) is 0 Å². The number of rotatable bonds is 4. The van der Waals surface area contributed by atoms with Crippen LogP contribution in [-0.2, 0) is 17.9 Å². The van der Waals surface area contributed by atoms with Gasteiger partial charge in [0.2, 0.25) is 5.91 Å². The van der Waals surface area contributed by atoms with Crippen LogP contribution in [0, 0.1) is 6.92 Å². The van der Waals surface area contributed by atoms with Crippen LogP contribution in [0.15, 0.2) is 41.1 Å². The highest BCUT2D eigenvalue weighted by atomic mass is 16.3. The van der Waals surface area contributed by atoms with Gasteiger partial charge in [0.25, 0.3) is 5.91 Å². The number of hydrogen-bond acceptors (Lipinski definition) is 4. The summed E-state index contributed by atoms with van der Waals surface area (Å²) in [6.45, 7) is 4.48. The van der Waals surface area contributed by atoms with Gasteiger partial charge in [-0.1, -0.05) is 25.3 Å². The minimum Gasteiger partial charge on any atom is -0.460 e. The Morgan fingerprint density at radius 2 is 2.10 bits per heavy atom. The Hall–Kier alpha value is -3.09. The molecule has 3 aromatic heterocycles. The Bertz CT molecular complexity index is 1130. The molecule has 0 saturated heterocycles. The summed E-state index contributed by atoms with van der Waals surface area (Å²) in [5.74, 6) is 0.531. The fraction of sp³-hybridized carbons (Fsp3) is 0.458. The minimum absolute atomic E-state index is 0.0932. The second kappa shape index (κ2) is 7.55. The lowest BCUT2D eigenvalue weighted by Crippen LogP contribution is -2.64. The first-order valence-electron chi connectivity index (χ1n) is 11.1. The number of pyridine rings is 1. The van der Waals surface area contributed by atoms with Crippen LogP contribution in [0.25, 0.3) is 11.1 Å². The summed E-state index contributed by atoms with van der Waals surface area (Å²) in [7, 11) is 0. The first-order chi connectivity index (χ1) is 15.0. The number of carbonyl (C=O) groups excluding carboxylic acids is 2. The molecule has 1 aliphatic heterocycles. The number of aromatic nitrogens is 2. The number of furan rings is 1. The molecule has 0 aromatic carbocycles. The van der Waals surface area contributed by atoms with Crippen molar-refractivity contribution in [3.8, 4) is 0 Å². The summed E-state index contributed by atoms with van der Waals surface area (Å²) in [5.41, 5.74) is 1.97. The Morgan fingerprint density at radius 3 is 2.84 bits per heavy atom. The van der Waals surface area contributed by atoms with Gasteiger partial charge in [-0.05, 0) is 38.3 Å². The van der Waals surface area contributed by atoms with Gasteiger partial charge in [-0.2, -0.15) is 0 Å². The van der Waals surface area contributed by atoms with Gasteiger partial charge in [0.1, 0.15) is 17.0 Å². The SMILES string of the molecule is Cc1cc2c(cc3n2CC(C)(C(=O)NC2CCCCC2)N(Cc2cccnc2)C3=O)o1. The van der Waals surface area contributed by atoms with E-state index in [1.807, 2.05) is 36.6 Å². The van der Waals surface area contributed by atoms with Crippen molar-refractivity contribution in [3.63, 3.8) is 0 Å². The zero-order valence-electron chi connectivity index (χ0n) is 18.1. The minimum atomic E-state index is -1.02. The maximum Gasteiger partial charge on any atom is 0.271 e. The summed E-state index contributed by atoms with van der Waals surface area (Å²) in [6.07, 6.45) is 8.94. The molecule has 162 valence electrons.